The Morgan fingerprint density at radius 2 is 1.53 bits per heavy atom. The topological polar surface area (TPSA) is 135 Å². The average molecular weight is 488 g/mol. The second kappa shape index (κ2) is 9.55. The molecule has 0 unspecified atom stereocenters. The standard InChI is InChI=1S/C25H21N5O6/c31-25(28-20-9-5-4-8-19(20)26-23(28)14-17-6-2-1-3-7-17)18-15-21(29(32)33)24(22(16-18)30(34)35)27-10-12-36-13-11-27/h1-9,15-16H,10-14H2/p+1. The molecule has 5 rings (SSSR count). The Kier molecular flexibility index (Phi) is 6.13. The van der Waals surface area contributed by atoms with Crippen LogP contribution in [-0.2, 0) is 11.2 Å². The molecule has 0 aliphatic carbocycles. The highest BCUT2D eigenvalue weighted by molar-refractivity contribution is 6.03. The minimum atomic E-state index is -0.681. The average Bonchev–Trinajstić information content (AvgIpc) is 3.26. The van der Waals surface area contributed by atoms with Crippen LogP contribution in [0.1, 0.15) is 21.7 Å². The van der Waals surface area contributed by atoms with E-state index in [2.05, 4.69) is 4.98 Å². The third-order valence-electron chi connectivity index (χ3n) is 6.15. The number of aromatic nitrogens is 2. The van der Waals surface area contributed by atoms with Crippen molar-refractivity contribution in [1.29, 1.82) is 0 Å². The number of anilines is 1. The number of rotatable bonds is 6. The van der Waals surface area contributed by atoms with E-state index in [1.807, 2.05) is 42.5 Å². The van der Waals surface area contributed by atoms with Gasteiger partial charge in [-0.15, -0.1) is 0 Å². The summed E-state index contributed by atoms with van der Waals surface area (Å²) in [6.45, 7) is 1.13. The van der Waals surface area contributed by atoms with E-state index in [1.54, 1.807) is 17.0 Å². The summed E-state index contributed by atoms with van der Waals surface area (Å²) in [6, 6.07) is 18.9. The van der Waals surface area contributed by atoms with Crippen molar-refractivity contribution in [2.24, 2.45) is 0 Å². The number of hydrogen-bond donors (Lipinski definition) is 0. The quantitative estimate of drug-likeness (QED) is 0.300. The molecule has 1 fully saturated rings. The van der Waals surface area contributed by atoms with E-state index in [0.717, 1.165) is 17.7 Å². The number of nitro groups is 2. The molecule has 0 radical (unpaired) electrons. The van der Waals surface area contributed by atoms with Crippen LogP contribution in [0.2, 0.25) is 0 Å². The van der Waals surface area contributed by atoms with E-state index in [1.165, 1.54) is 4.57 Å². The monoisotopic (exact) mass is 488 g/mol. The number of benzene rings is 3. The van der Waals surface area contributed by atoms with E-state index < -0.39 is 27.1 Å². The highest BCUT2D eigenvalue weighted by Crippen LogP contribution is 2.39. The summed E-state index contributed by atoms with van der Waals surface area (Å²) in [5.74, 6) is -0.0481. The second-order valence-electron chi connectivity index (χ2n) is 8.37. The number of imidazole rings is 1. The van der Waals surface area contributed by atoms with Crippen LogP contribution in [0.3, 0.4) is 0 Å². The summed E-state index contributed by atoms with van der Waals surface area (Å²) < 4.78 is 6.72. The fourth-order valence-electron chi connectivity index (χ4n) is 4.52. The normalized spacial score (nSPS) is 13.6. The van der Waals surface area contributed by atoms with E-state index in [9.17, 15) is 25.0 Å². The molecule has 182 valence electrons. The van der Waals surface area contributed by atoms with Crippen LogP contribution in [0, 0.1) is 20.2 Å². The highest BCUT2D eigenvalue weighted by Gasteiger charge is 2.35. The number of fused-ring (bicyclic) bond motifs is 1. The molecule has 1 saturated heterocycles. The number of nitrogens with one attached hydrogen (secondary N) is 1. The van der Waals surface area contributed by atoms with E-state index in [-0.39, 0.29) is 24.3 Å². The van der Waals surface area contributed by atoms with Crippen LogP contribution >= 0.6 is 0 Å². The van der Waals surface area contributed by atoms with Crippen molar-refractivity contribution in [1.82, 2.24) is 4.57 Å². The summed E-state index contributed by atoms with van der Waals surface area (Å²) in [5.41, 5.74) is 0.985. The van der Waals surface area contributed by atoms with Gasteiger partial charge < -0.3 is 9.64 Å². The highest BCUT2D eigenvalue weighted by atomic mass is 16.6. The summed E-state index contributed by atoms with van der Waals surface area (Å²) >= 11 is 0. The Balaban J connectivity index is 1.67. The maximum Gasteiger partial charge on any atom is 0.346 e. The zero-order valence-electron chi connectivity index (χ0n) is 19.1. The zero-order chi connectivity index (χ0) is 25.2. The Bertz CT molecular complexity index is 1440. The number of nitro benzene ring substituents is 2. The molecule has 11 nitrogen and oxygen atoms in total. The molecule has 2 heterocycles. The summed E-state index contributed by atoms with van der Waals surface area (Å²) in [5, 5.41) is 24.0. The molecule has 0 amide bonds. The van der Waals surface area contributed by atoms with Crippen molar-refractivity contribution in [3.05, 3.63) is 104 Å². The summed E-state index contributed by atoms with van der Waals surface area (Å²) in [6.07, 6.45) is 0.386. The number of H-pyrrole nitrogens is 1. The molecule has 0 atom stereocenters. The number of carbonyl (C=O) groups excluding carboxylic acids is 1. The van der Waals surface area contributed by atoms with Gasteiger partial charge in [-0.25, -0.2) is 9.78 Å². The molecule has 36 heavy (non-hydrogen) atoms. The second-order valence-corrected chi connectivity index (χ2v) is 8.37. The smallest absolute Gasteiger partial charge is 0.346 e. The lowest BCUT2D eigenvalue weighted by Crippen LogP contribution is -2.37. The van der Waals surface area contributed by atoms with Gasteiger partial charge in [0.2, 0.25) is 0 Å². The van der Waals surface area contributed by atoms with E-state index >= 15 is 0 Å². The molecule has 1 aliphatic heterocycles. The van der Waals surface area contributed by atoms with Crippen molar-refractivity contribution in [2.45, 2.75) is 6.42 Å². The lowest BCUT2D eigenvalue weighted by Gasteiger charge is -2.28. The molecule has 4 aromatic rings. The molecular formula is C25H22N5O6+. The largest absolute Gasteiger partial charge is 0.378 e. The third-order valence-corrected chi connectivity index (χ3v) is 6.15. The number of carbonyl (C=O) groups is 1. The minimum Gasteiger partial charge on any atom is -0.378 e. The fraction of sp³-hybridized carbons (Fsp3) is 0.200. The van der Waals surface area contributed by atoms with Crippen LogP contribution in [0.4, 0.5) is 17.1 Å². The van der Waals surface area contributed by atoms with E-state index in [0.29, 0.717) is 36.5 Å². The van der Waals surface area contributed by atoms with Gasteiger partial charge in [0.25, 0.3) is 5.82 Å². The van der Waals surface area contributed by atoms with Crippen molar-refractivity contribution in [3.63, 3.8) is 0 Å². The number of hydrogen-bond acceptors (Lipinski definition) is 7. The summed E-state index contributed by atoms with van der Waals surface area (Å²) in [4.78, 5) is 41.3. The van der Waals surface area contributed by atoms with Crippen LogP contribution in [0.5, 0.6) is 0 Å². The maximum absolute atomic E-state index is 13.8. The first-order valence-electron chi connectivity index (χ1n) is 11.3. The van der Waals surface area contributed by atoms with Gasteiger partial charge >= 0.3 is 17.3 Å². The molecule has 1 N–H and O–H groups in total. The first-order chi connectivity index (χ1) is 17.4. The Morgan fingerprint density at radius 1 is 0.917 bits per heavy atom. The molecule has 0 bridgehead atoms. The lowest BCUT2D eigenvalue weighted by molar-refractivity contribution is -0.392. The Labute approximate surface area is 204 Å². The maximum atomic E-state index is 13.8. The zero-order valence-corrected chi connectivity index (χ0v) is 19.1. The van der Waals surface area contributed by atoms with Crippen LogP contribution in [0.15, 0.2) is 66.7 Å². The number of morpholine rings is 1. The van der Waals surface area contributed by atoms with Crippen molar-refractivity contribution >= 4 is 34.0 Å². The molecule has 0 saturated carbocycles. The van der Waals surface area contributed by atoms with Gasteiger partial charge in [0.15, 0.2) is 16.7 Å². The van der Waals surface area contributed by atoms with Gasteiger partial charge in [0, 0.05) is 25.2 Å². The number of para-hydroxylation sites is 2. The van der Waals surface area contributed by atoms with Crippen LogP contribution < -0.4 is 9.88 Å². The number of aromatic amines is 1. The molecule has 0 spiro atoms. The fourth-order valence-corrected chi connectivity index (χ4v) is 4.52. The molecule has 11 heteroatoms. The SMILES string of the molecule is O=C(c1cc([N+](=O)[O-])c(N2CCOCC2)c([N+](=O)[O-])c1)n1c(Cc2ccccc2)[nH+]c2ccccc21. The molecular weight excluding hydrogens is 466 g/mol. The molecule has 1 aliphatic rings. The summed E-state index contributed by atoms with van der Waals surface area (Å²) in [7, 11) is 0. The predicted octanol–water partition coefficient (Wildman–Crippen LogP) is 3.39. The van der Waals surface area contributed by atoms with Gasteiger partial charge in [-0.05, 0) is 17.7 Å². The lowest BCUT2D eigenvalue weighted by atomic mass is 10.1. The van der Waals surface area contributed by atoms with Gasteiger partial charge in [-0.2, -0.15) is 4.57 Å². The Morgan fingerprint density at radius 3 is 2.17 bits per heavy atom. The van der Waals surface area contributed by atoms with Gasteiger partial charge in [0.05, 0.1) is 35.0 Å². The van der Waals surface area contributed by atoms with Crippen molar-refractivity contribution in [2.75, 3.05) is 31.2 Å². The van der Waals surface area contributed by atoms with Crippen molar-refractivity contribution in [3.8, 4) is 0 Å². The van der Waals surface area contributed by atoms with Gasteiger partial charge in [-0.1, -0.05) is 42.5 Å². The van der Waals surface area contributed by atoms with Crippen LogP contribution in [-0.4, -0.2) is 46.6 Å². The van der Waals surface area contributed by atoms with Crippen molar-refractivity contribution < 1.29 is 24.4 Å². The van der Waals surface area contributed by atoms with E-state index in [4.69, 9.17) is 4.74 Å². The van der Waals surface area contributed by atoms with Gasteiger partial charge in [0.1, 0.15) is 0 Å². The molecule has 1 aromatic heterocycles. The molecule has 3 aromatic carbocycles. The first-order valence-corrected chi connectivity index (χ1v) is 11.3. The van der Waals surface area contributed by atoms with Crippen LogP contribution in [0.25, 0.3) is 11.0 Å². The van der Waals surface area contributed by atoms with Gasteiger partial charge in [-0.3, -0.25) is 20.2 Å². The Hall–Kier alpha value is -4.64. The third kappa shape index (κ3) is 4.27. The minimum absolute atomic E-state index is 0.113. The number of nitrogens with zero attached hydrogens (tertiary/aromatic N) is 4. The predicted molar refractivity (Wildman–Crippen MR) is 130 cm³/mol. The number of ether oxygens (including phenoxy) is 1. The first kappa shape index (κ1) is 23.1.